The van der Waals surface area contributed by atoms with E-state index in [1.807, 2.05) is 18.2 Å². The summed E-state index contributed by atoms with van der Waals surface area (Å²) in [5.74, 6) is -0.614. The summed E-state index contributed by atoms with van der Waals surface area (Å²) in [7, 11) is 3.12. The number of nitrogens with one attached hydrogen (secondary N) is 1. The minimum absolute atomic E-state index is 0.237. The van der Waals surface area contributed by atoms with Crippen molar-refractivity contribution in [1.82, 2.24) is 5.32 Å². The monoisotopic (exact) mass is 385 g/mol. The van der Waals surface area contributed by atoms with Crippen LogP contribution in [0.5, 0.6) is 11.5 Å². The Morgan fingerprint density at radius 3 is 2.25 bits per heavy atom. The molecule has 0 radical (unpaired) electrons. The number of hydrogen-bond donors (Lipinski definition) is 2. The number of carbonyl (C=O) groups excluding carboxylic acids is 1. The van der Waals surface area contributed by atoms with E-state index in [1.54, 1.807) is 58.4 Å². The van der Waals surface area contributed by atoms with E-state index < -0.39 is 17.4 Å². The number of carboxylic acids is 1. The van der Waals surface area contributed by atoms with Crippen LogP contribution in [0.2, 0.25) is 0 Å². The third kappa shape index (κ3) is 4.44. The van der Waals surface area contributed by atoms with Gasteiger partial charge in [0.15, 0.2) is 17.0 Å². The van der Waals surface area contributed by atoms with Crippen LogP contribution in [-0.4, -0.2) is 31.2 Å². The zero-order chi connectivity index (χ0) is 20.7. The fourth-order valence-corrected chi connectivity index (χ4v) is 3.20. The number of ether oxygens (including phenoxy) is 2. The van der Waals surface area contributed by atoms with Crippen molar-refractivity contribution in [3.8, 4) is 11.5 Å². The highest BCUT2D eigenvalue weighted by molar-refractivity contribution is 5.89. The van der Waals surface area contributed by atoms with E-state index in [9.17, 15) is 14.7 Å². The van der Waals surface area contributed by atoms with Gasteiger partial charge in [0.05, 0.1) is 14.2 Å². The largest absolute Gasteiger partial charge is 0.493 e. The molecular formula is C22H27NO5. The van der Waals surface area contributed by atoms with Crippen molar-refractivity contribution in [3.05, 3.63) is 59.7 Å². The molecule has 2 aromatic rings. The van der Waals surface area contributed by atoms with Crippen LogP contribution in [-0.2, 0) is 21.5 Å². The molecule has 6 nitrogen and oxygen atoms in total. The molecule has 6 heteroatoms. The maximum Gasteiger partial charge on any atom is 0.334 e. The molecule has 0 bridgehead atoms. The molecule has 0 aliphatic carbocycles. The molecule has 0 fully saturated rings. The van der Waals surface area contributed by atoms with Crippen molar-refractivity contribution in [2.75, 3.05) is 14.2 Å². The smallest absolute Gasteiger partial charge is 0.334 e. The lowest BCUT2D eigenvalue weighted by atomic mass is 9.86. The zero-order valence-electron chi connectivity index (χ0n) is 16.7. The van der Waals surface area contributed by atoms with Gasteiger partial charge in [-0.25, -0.2) is 4.79 Å². The molecule has 0 heterocycles. The van der Waals surface area contributed by atoms with Gasteiger partial charge in [-0.1, -0.05) is 50.2 Å². The van der Waals surface area contributed by atoms with Crippen LogP contribution in [0, 0.1) is 5.92 Å². The number of rotatable bonds is 9. The average Bonchev–Trinajstić information content (AvgIpc) is 2.72. The quantitative estimate of drug-likeness (QED) is 0.691. The highest BCUT2D eigenvalue weighted by Crippen LogP contribution is 2.29. The van der Waals surface area contributed by atoms with Gasteiger partial charge in [0.25, 0.3) is 0 Å². The second kappa shape index (κ2) is 9.26. The Bertz CT molecular complexity index is 821. The van der Waals surface area contributed by atoms with Crippen molar-refractivity contribution in [2.45, 2.75) is 32.2 Å². The fourth-order valence-electron chi connectivity index (χ4n) is 3.20. The van der Waals surface area contributed by atoms with Crippen molar-refractivity contribution < 1.29 is 24.2 Å². The molecular weight excluding hydrogens is 358 g/mol. The molecule has 0 aromatic heterocycles. The predicted octanol–water partition coefficient (Wildman–Crippen LogP) is 3.39. The van der Waals surface area contributed by atoms with Gasteiger partial charge in [-0.05, 0) is 36.1 Å². The van der Waals surface area contributed by atoms with Gasteiger partial charge in [-0.3, -0.25) is 4.79 Å². The molecule has 150 valence electrons. The molecule has 28 heavy (non-hydrogen) atoms. The van der Waals surface area contributed by atoms with E-state index in [0.717, 1.165) is 5.56 Å². The summed E-state index contributed by atoms with van der Waals surface area (Å²) in [6, 6.07) is 14.3. The first-order valence-electron chi connectivity index (χ1n) is 9.19. The molecule has 1 amide bonds. The van der Waals surface area contributed by atoms with Gasteiger partial charge in [-0.2, -0.15) is 0 Å². The predicted molar refractivity (Wildman–Crippen MR) is 107 cm³/mol. The average molecular weight is 385 g/mol. The van der Waals surface area contributed by atoms with Crippen LogP contribution in [0.3, 0.4) is 0 Å². The fraction of sp³-hybridized carbons (Fsp3) is 0.364. The Hall–Kier alpha value is -3.02. The minimum atomic E-state index is -1.45. The Kier molecular flexibility index (Phi) is 7.04. The highest BCUT2D eigenvalue weighted by atomic mass is 16.5. The molecule has 0 spiro atoms. The van der Waals surface area contributed by atoms with Crippen molar-refractivity contribution >= 4 is 11.9 Å². The summed E-state index contributed by atoms with van der Waals surface area (Å²) in [6.07, 6.45) is 0.682. The van der Waals surface area contributed by atoms with Crippen LogP contribution in [0.15, 0.2) is 48.5 Å². The third-order valence-corrected chi connectivity index (χ3v) is 4.94. The summed E-state index contributed by atoms with van der Waals surface area (Å²) in [5.41, 5.74) is -0.00129. The normalized spacial score (nSPS) is 13.9. The van der Waals surface area contributed by atoms with E-state index in [-0.39, 0.29) is 12.3 Å². The molecule has 2 N–H and O–H groups in total. The molecule has 2 atom stereocenters. The molecule has 0 aliphatic rings. The van der Waals surface area contributed by atoms with E-state index in [2.05, 4.69) is 5.32 Å². The van der Waals surface area contributed by atoms with E-state index in [1.165, 1.54) is 0 Å². The van der Waals surface area contributed by atoms with Crippen molar-refractivity contribution in [2.24, 2.45) is 5.92 Å². The first-order valence-corrected chi connectivity index (χ1v) is 9.19. The minimum Gasteiger partial charge on any atom is -0.493 e. The van der Waals surface area contributed by atoms with Crippen LogP contribution in [0.4, 0.5) is 0 Å². The van der Waals surface area contributed by atoms with Crippen LogP contribution >= 0.6 is 0 Å². The Morgan fingerprint density at radius 2 is 1.71 bits per heavy atom. The molecule has 2 unspecified atom stereocenters. The van der Waals surface area contributed by atoms with Gasteiger partial charge in [0.2, 0.25) is 5.91 Å². The Balaban J connectivity index is 2.21. The Labute approximate surface area is 165 Å². The number of benzene rings is 2. The summed E-state index contributed by atoms with van der Waals surface area (Å²) in [5, 5.41) is 12.7. The van der Waals surface area contributed by atoms with Gasteiger partial charge in [-0.15, -0.1) is 0 Å². The molecule has 2 rings (SSSR count). The Morgan fingerprint density at radius 1 is 1.07 bits per heavy atom. The lowest BCUT2D eigenvalue weighted by Crippen LogP contribution is -2.53. The SMILES string of the molecule is CCC(NC(=O)C(C)Cc1ccc(OC)c(OC)c1)(C(=O)O)c1ccccc1. The topological polar surface area (TPSA) is 84.9 Å². The first kappa shape index (κ1) is 21.3. The summed E-state index contributed by atoms with van der Waals surface area (Å²) in [4.78, 5) is 24.9. The summed E-state index contributed by atoms with van der Waals surface area (Å²) >= 11 is 0. The lowest BCUT2D eigenvalue weighted by molar-refractivity contribution is -0.149. The van der Waals surface area contributed by atoms with Gasteiger partial charge < -0.3 is 19.9 Å². The number of carbonyl (C=O) groups is 2. The third-order valence-electron chi connectivity index (χ3n) is 4.94. The van der Waals surface area contributed by atoms with E-state index >= 15 is 0 Å². The van der Waals surface area contributed by atoms with Gasteiger partial charge in [0, 0.05) is 5.92 Å². The van der Waals surface area contributed by atoms with Crippen molar-refractivity contribution in [3.63, 3.8) is 0 Å². The van der Waals surface area contributed by atoms with E-state index in [4.69, 9.17) is 9.47 Å². The zero-order valence-corrected chi connectivity index (χ0v) is 16.7. The van der Waals surface area contributed by atoms with Crippen LogP contribution in [0.25, 0.3) is 0 Å². The van der Waals surface area contributed by atoms with Crippen LogP contribution in [0.1, 0.15) is 31.4 Å². The molecule has 0 saturated carbocycles. The second-order valence-corrected chi connectivity index (χ2v) is 6.71. The standard InChI is InChI=1S/C22H27NO5/c1-5-22(21(25)26,17-9-7-6-8-10-17)23-20(24)15(2)13-16-11-12-18(27-3)19(14-16)28-4/h6-12,14-15H,5,13H2,1-4H3,(H,23,24)(H,25,26). The summed E-state index contributed by atoms with van der Waals surface area (Å²) < 4.78 is 10.5. The van der Waals surface area contributed by atoms with Gasteiger partial charge >= 0.3 is 5.97 Å². The second-order valence-electron chi connectivity index (χ2n) is 6.71. The van der Waals surface area contributed by atoms with Crippen molar-refractivity contribution in [1.29, 1.82) is 0 Å². The number of aliphatic carboxylic acids is 1. The maximum atomic E-state index is 12.8. The highest BCUT2D eigenvalue weighted by Gasteiger charge is 2.40. The van der Waals surface area contributed by atoms with Crippen LogP contribution < -0.4 is 14.8 Å². The molecule has 0 aliphatic heterocycles. The van der Waals surface area contributed by atoms with Gasteiger partial charge in [0.1, 0.15) is 0 Å². The number of methoxy groups -OCH3 is 2. The molecule has 0 saturated heterocycles. The lowest BCUT2D eigenvalue weighted by Gasteiger charge is -2.31. The number of carboxylic acid groups (broad SMARTS) is 1. The molecule has 2 aromatic carbocycles. The summed E-state index contributed by atoms with van der Waals surface area (Å²) in [6.45, 7) is 3.53. The van der Waals surface area contributed by atoms with E-state index in [0.29, 0.717) is 23.5 Å². The number of amides is 1. The maximum absolute atomic E-state index is 12.8. The first-order chi connectivity index (χ1) is 13.4. The number of hydrogen-bond acceptors (Lipinski definition) is 4.